The number of benzene rings is 1. The van der Waals surface area contributed by atoms with Gasteiger partial charge in [0.15, 0.2) is 0 Å². The summed E-state index contributed by atoms with van der Waals surface area (Å²) in [6.45, 7) is 4.55. The van der Waals surface area contributed by atoms with Crippen molar-refractivity contribution in [1.82, 2.24) is 0 Å². The Morgan fingerprint density at radius 2 is 2.05 bits per heavy atom. The SMILES string of the molecule is C[C@@H](N)c1ccccc1N1CCC(OCCO)CC1. The number of aliphatic hydroxyl groups excluding tert-OH is 1. The first-order valence-electron chi connectivity index (χ1n) is 7.04. The highest BCUT2D eigenvalue weighted by Gasteiger charge is 2.21. The van der Waals surface area contributed by atoms with Crippen LogP contribution in [0.5, 0.6) is 0 Å². The Morgan fingerprint density at radius 1 is 1.37 bits per heavy atom. The first-order valence-corrected chi connectivity index (χ1v) is 7.04. The van der Waals surface area contributed by atoms with E-state index in [0.29, 0.717) is 6.61 Å². The third-order valence-corrected chi connectivity index (χ3v) is 3.65. The van der Waals surface area contributed by atoms with Gasteiger partial charge in [-0.2, -0.15) is 0 Å². The third-order valence-electron chi connectivity index (χ3n) is 3.65. The van der Waals surface area contributed by atoms with E-state index in [2.05, 4.69) is 23.1 Å². The van der Waals surface area contributed by atoms with E-state index in [1.165, 1.54) is 11.3 Å². The molecule has 3 N–H and O–H groups in total. The Bertz CT molecular complexity index is 387. The van der Waals surface area contributed by atoms with Crippen LogP contribution < -0.4 is 10.6 Å². The lowest BCUT2D eigenvalue weighted by Crippen LogP contribution is -2.38. The van der Waals surface area contributed by atoms with Crippen molar-refractivity contribution in [3.63, 3.8) is 0 Å². The summed E-state index contributed by atoms with van der Waals surface area (Å²) in [4.78, 5) is 2.39. The molecule has 0 aliphatic carbocycles. The number of ether oxygens (including phenoxy) is 1. The van der Waals surface area contributed by atoms with Gasteiger partial charge in [-0.3, -0.25) is 0 Å². The minimum Gasteiger partial charge on any atom is -0.394 e. The number of piperidine rings is 1. The van der Waals surface area contributed by atoms with Gasteiger partial charge in [0.05, 0.1) is 19.3 Å². The molecule has 0 radical (unpaired) electrons. The van der Waals surface area contributed by atoms with Crippen molar-refractivity contribution in [2.24, 2.45) is 5.73 Å². The molecule has 1 aliphatic heterocycles. The van der Waals surface area contributed by atoms with Crippen molar-refractivity contribution >= 4 is 5.69 Å². The summed E-state index contributed by atoms with van der Waals surface area (Å²) >= 11 is 0. The summed E-state index contributed by atoms with van der Waals surface area (Å²) < 4.78 is 5.59. The molecule has 2 rings (SSSR count). The molecule has 1 aromatic carbocycles. The molecule has 1 heterocycles. The summed E-state index contributed by atoms with van der Waals surface area (Å²) in [7, 11) is 0. The average Bonchev–Trinajstić information content (AvgIpc) is 2.45. The van der Waals surface area contributed by atoms with Crippen LogP contribution in [0, 0.1) is 0 Å². The van der Waals surface area contributed by atoms with Gasteiger partial charge >= 0.3 is 0 Å². The number of hydrogen-bond donors (Lipinski definition) is 2. The second-order valence-electron chi connectivity index (χ2n) is 5.13. The molecule has 0 aromatic heterocycles. The maximum atomic E-state index is 8.78. The minimum absolute atomic E-state index is 0.0552. The average molecular weight is 264 g/mol. The van der Waals surface area contributed by atoms with Crippen LogP contribution in [0.2, 0.25) is 0 Å². The topological polar surface area (TPSA) is 58.7 Å². The minimum atomic E-state index is 0.0552. The fourth-order valence-corrected chi connectivity index (χ4v) is 2.64. The molecule has 1 saturated heterocycles. The van der Waals surface area contributed by atoms with E-state index in [0.717, 1.165) is 25.9 Å². The van der Waals surface area contributed by atoms with Crippen LogP contribution in [0.15, 0.2) is 24.3 Å². The number of rotatable bonds is 5. The molecule has 4 heteroatoms. The van der Waals surface area contributed by atoms with Crippen LogP contribution in [0.25, 0.3) is 0 Å². The summed E-state index contributed by atoms with van der Waals surface area (Å²) in [6, 6.07) is 8.41. The predicted octanol–water partition coefficient (Wildman–Crippen LogP) is 1.68. The van der Waals surface area contributed by atoms with Crippen LogP contribution in [0.3, 0.4) is 0 Å². The van der Waals surface area contributed by atoms with Crippen molar-refractivity contribution < 1.29 is 9.84 Å². The molecule has 0 bridgehead atoms. The van der Waals surface area contributed by atoms with Gasteiger partial charge in [0.1, 0.15) is 0 Å². The van der Waals surface area contributed by atoms with E-state index in [-0.39, 0.29) is 18.8 Å². The monoisotopic (exact) mass is 264 g/mol. The van der Waals surface area contributed by atoms with Crippen LogP contribution in [0.4, 0.5) is 5.69 Å². The molecule has 1 aromatic rings. The zero-order valence-corrected chi connectivity index (χ0v) is 11.6. The van der Waals surface area contributed by atoms with Gasteiger partial charge in [0.25, 0.3) is 0 Å². The van der Waals surface area contributed by atoms with Crippen molar-refractivity contribution in [3.05, 3.63) is 29.8 Å². The standard InChI is InChI=1S/C15H24N2O2/c1-12(16)14-4-2-3-5-15(14)17-8-6-13(7-9-17)19-11-10-18/h2-5,12-13,18H,6-11,16H2,1H3/t12-/m1/s1. The smallest absolute Gasteiger partial charge is 0.0701 e. The van der Waals surface area contributed by atoms with E-state index < -0.39 is 0 Å². The Morgan fingerprint density at radius 3 is 2.68 bits per heavy atom. The van der Waals surface area contributed by atoms with E-state index in [9.17, 15) is 0 Å². The summed E-state index contributed by atoms with van der Waals surface area (Å²) in [5, 5.41) is 8.78. The summed E-state index contributed by atoms with van der Waals surface area (Å²) in [5.74, 6) is 0. The summed E-state index contributed by atoms with van der Waals surface area (Å²) in [5.41, 5.74) is 8.49. The van der Waals surface area contributed by atoms with Gasteiger partial charge in [-0.25, -0.2) is 0 Å². The lowest BCUT2D eigenvalue weighted by Gasteiger charge is -2.35. The number of para-hydroxylation sites is 1. The fraction of sp³-hybridized carbons (Fsp3) is 0.600. The second kappa shape index (κ2) is 6.89. The lowest BCUT2D eigenvalue weighted by molar-refractivity contribution is 0.0159. The number of nitrogens with zero attached hydrogens (tertiary/aromatic N) is 1. The maximum Gasteiger partial charge on any atom is 0.0701 e. The predicted molar refractivity (Wildman–Crippen MR) is 77.3 cm³/mol. The normalized spacial score (nSPS) is 18.6. The molecule has 1 aliphatic rings. The Hall–Kier alpha value is -1.10. The van der Waals surface area contributed by atoms with Gasteiger partial charge < -0.3 is 20.5 Å². The van der Waals surface area contributed by atoms with Gasteiger partial charge in [0.2, 0.25) is 0 Å². The molecule has 0 spiro atoms. The zero-order chi connectivity index (χ0) is 13.7. The van der Waals surface area contributed by atoms with Gasteiger partial charge in [-0.15, -0.1) is 0 Å². The first kappa shape index (κ1) is 14.3. The highest BCUT2D eigenvalue weighted by molar-refractivity contribution is 5.55. The first-order chi connectivity index (χ1) is 9.22. The van der Waals surface area contributed by atoms with Crippen molar-refractivity contribution in [1.29, 1.82) is 0 Å². The molecule has 1 atom stereocenters. The van der Waals surface area contributed by atoms with Crippen LogP contribution in [-0.4, -0.2) is 37.5 Å². The third kappa shape index (κ3) is 3.69. The molecule has 0 saturated carbocycles. The van der Waals surface area contributed by atoms with Crippen molar-refractivity contribution in [2.45, 2.75) is 31.9 Å². The second-order valence-corrected chi connectivity index (χ2v) is 5.13. The quantitative estimate of drug-likeness (QED) is 0.849. The number of aliphatic hydroxyl groups is 1. The van der Waals surface area contributed by atoms with Gasteiger partial charge in [0, 0.05) is 24.8 Å². The highest BCUT2D eigenvalue weighted by atomic mass is 16.5. The highest BCUT2D eigenvalue weighted by Crippen LogP contribution is 2.28. The molecule has 1 fully saturated rings. The molecular formula is C15H24N2O2. The Kier molecular flexibility index (Phi) is 5.19. The Labute approximate surface area is 115 Å². The maximum absolute atomic E-state index is 8.78. The number of anilines is 1. The van der Waals surface area contributed by atoms with E-state index in [1.807, 2.05) is 13.0 Å². The molecule has 0 amide bonds. The molecule has 4 nitrogen and oxygen atoms in total. The van der Waals surface area contributed by atoms with Gasteiger partial charge in [-0.1, -0.05) is 18.2 Å². The molecule has 106 valence electrons. The van der Waals surface area contributed by atoms with E-state index in [4.69, 9.17) is 15.6 Å². The summed E-state index contributed by atoms with van der Waals surface area (Å²) in [6.07, 6.45) is 2.30. The van der Waals surface area contributed by atoms with E-state index in [1.54, 1.807) is 0 Å². The number of nitrogens with two attached hydrogens (primary N) is 1. The Balaban J connectivity index is 1.98. The molecule has 19 heavy (non-hydrogen) atoms. The van der Waals surface area contributed by atoms with Crippen LogP contribution in [0.1, 0.15) is 31.4 Å². The van der Waals surface area contributed by atoms with Crippen LogP contribution in [-0.2, 0) is 4.74 Å². The van der Waals surface area contributed by atoms with E-state index >= 15 is 0 Å². The lowest BCUT2D eigenvalue weighted by atomic mass is 10.0. The van der Waals surface area contributed by atoms with Gasteiger partial charge in [-0.05, 0) is 31.4 Å². The van der Waals surface area contributed by atoms with Crippen molar-refractivity contribution in [3.8, 4) is 0 Å². The zero-order valence-electron chi connectivity index (χ0n) is 11.6. The largest absolute Gasteiger partial charge is 0.394 e. The van der Waals surface area contributed by atoms with Crippen molar-refractivity contribution in [2.75, 3.05) is 31.2 Å². The molecule has 0 unspecified atom stereocenters. The number of hydrogen-bond acceptors (Lipinski definition) is 4. The fourth-order valence-electron chi connectivity index (χ4n) is 2.64. The van der Waals surface area contributed by atoms with Crippen LogP contribution >= 0.6 is 0 Å². The molecular weight excluding hydrogens is 240 g/mol.